The first-order chi connectivity index (χ1) is 12.4. The Morgan fingerprint density at radius 2 is 1.89 bits per heavy atom. The predicted octanol–water partition coefficient (Wildman–Crippen LogP) is 4.12. The van der Waals surface area contributed by atoms with E-state index in [4.69, 9.17) is 4.74 Å². The molecule has 0 bridgehead atoms. The molecule has 3 aliphatic rings. The van der Waals surface area contributed by atoms with Crippen LogP contribution in [0.4, 0.5) is 18.0 Å². The molecule has 1 aliphatic heterocycles. The van der Waals surface area contributed by atoms with Gasteiger partial charge in [-0.2, -0.15) is 13.2 Å². The lowest BCUT2D eigenvalue weighted by Crippen LogP contribution is -2.64. The number of rotatable bonds is 3. The second-order valence-corrected chi connectivity index (χ2v) is 9.62. The molecule has 0 N–H and O–H groups in total. The van der Waals surface area contributed by atoms with E-state index in [0.717, 1.165) is 12.8 Å². The van der Waals surface area contributed by atoms with Gasteiger partial charge in [0.2, 0.25) is 0 Å². The van der Waals surface area contributed by atoms with E-state index in [9.17, 15) is 18.0 Å². The van der Waals surface area contributed by atoms with E-state index in [0.29, 0.717) is 31.2 Å². The Kier molecular flexibility index (Phi) is 3.89. The Bertz CT molecular complexity index is 732. The maximum atomic E-state index is 13.4. The summed E-state index contributed by atoms with van der Waals surface area (Å²) in [7, 11) is 0. The fraction of sp³-hybridized carbons (Fsp3) is 0.789. The van der Waals surface area contributed by atoms with Crippen LogP contribution in [0.25, 0.3) is 0 Å². The van der Waals surface area contributed by atoms with Crippen molar-refractivity contribution in [3.8, 4) is 0 Å². The van der Waals surface area contributed by atoms with Crippen LogP contribution < -0.4 is 0 Å². The first-order valence-electron chi connectivity index (χ1n) is 9.48. The highest BCUT2D eigenvalue weighted by molar-refractivity contribution is 5.69. The lowest BCUT2D eigenvalue weighted by atomic mass is 9.58. The van der Waals surface area contributed by atoms with E-state index in [1.807, 2.05) is 20.8 Å². The van der Waals surface area contributed by atoms with Gasteiger partial charge in [0.1, 0.15) is 11.0 Å². The number of hydrogen-bond acceptors (Lipinski definition) is 3. The second kappa shape index (κ2) is 5.64. The molecule has 2 saturated carbocycles. The molecule has 4 rings (SSSR count). The van der Waals surface area contributed by atoms with Crippen LogP contribution in [0, 0.1) is 11.3 Å². The van der Waals surface area contributed by atoms with Crippen LogP contribution in [0.2, 0.25) is 0 Å². The standard InChI is InChI=1S/C19H26F3N3O2/c1-16(2,3)27-15(26)25-10-17(11-25)6-13(7-17)9-24-12-23-8-14(24)18(4-5-18)19(20,21)22/h8,12-13H,4-7,9-11H2,1-3H3. The molecule has 0 aromatic carbocycles. The molecular weight excluding hydrogens is 359 g/mol. The van der Waals surface area contributed by atoms with E-state index in [2.05, 4.69) is 4.98 Å². The van der Waals surface area contributed by atoms with Gasteiger partial charge in [-0.15, -0.1) is 0 Å². The predicted molar refractivity (Wildman–Crippen MR) is 92.2 cm³/mol. The fourth-order valence-corrected chi connectivity index (χ4v) is 4.72. The molecule has 1 aromatic heterocycles. The van der Waals surface area contributed by atoms with Gasteiger partial charge in [-0.3, -0.25) is 0 Å². The number of carbonyl (C=O) groups is 1. The zero-order valence-corrected chi connectivity index (χ0v) is 16.0. The molecule has 1 spiro atoms. The highest BCUT2D eigenvalue weighted by atomic mass is 19.4. The zero-order valence-electron chi connectivity index (χ0n) is 16.0. The molecule has 1 amide bonds. The van der Waals surface area contributed by atoms with Gasteiger partial charge in [0.05, 0.1) is 12.0 Å². The van der Waals surface area contributed by atoms with Crippen molar-refractivity contribution in [3.05, 3.63) is 18.2 Å². The van der Waals surface area contributed by atoms with E-state index in [1.54, 1.807) is 9.47 Å². The smallest absolute Gasteiger partial charge is 0.410 e. The third-order valence-corrected chi connectivity index (χ3v) is 6.10. The van der Waals surface area contributed by atoms with Crippen LogP contribution in [0.15, 0.2) is 12.5 Å². The minimum atomic E-state index is -4.21. The lowest BCUT2D eigenvalue weighted by molar-refractivity contribution is -0.162. The Hall–Kier alpha value is -1.73. The summed E-state index contributed by atoms with van der Waals surface area (Å²) in [6.07, 6.45) is 0.583. The third-order valence-electron chi connectivity index (χ3n) is 6.10. The van der Waals surface area contributed by atoms with Crippen LogP contribution in [0.1, 0.15) is 52.1 Å². The molecule has 0 unspecified atom stereocenters. The van der Waals surface area contributed by atoms with Gasteiger partial charge in [-0.25, -0.2) is 9.78 Å². The van der Waals surface area contributed by atoms with Crippen LogP contribution >= 0.6 is 0 Å². The number of likely N-dealkylation sites (tertiary alicyclic amines) is 1. The minimum Gasteiger partial charge on any atom is -0.444 e. The average Bonchev–Trinajstić information content (AvgIpc) is 3.12. The van der Waals surface area contributed by atoms with Crippen molar-refractivity contribution in [2.75, 3.05) is 13.1 Å². The summed E-state index contributed by atoms with van der Waals surface area (Å²) in [5, 5.41) is 0. The summed E-state index contributed by atoms with van der Waals surface area (Å²) in [6.45, 7) is 7.47. The fourth-order valence-electron chi connectivity index (χ4n) is 4.72. The van der Waals surface area contributed by atoms with Gasteiger partial charge >= 0.3 is 12.3 Å². The van der Waals surface area contributed by atoms with Crippen molar-refractivity contribution < 1.29 is 22.7 Å². The first-order valence-corrected chi connectivity index (χ1v) is 9.48. The number of ether oxygens (including phenoxy) is 1. The van der Waals surface area contributed by atoms with Crippen LogP contribution in [0.5, 0.6) is 0 Å². The summed E-state index contributed by atoms with van der Waals surface area (Å²) in [6, 6.07) is 0. The molecule has 150 valence electrons. The third kappa shape index (κ3) is 3.21. The molecule has 1 aromatic rings. The number of imidazole rings is 1. The topological polar surface area (TPSA) is 47.4 Å². The first kappa shape index (κ1) is 18.6. The maximum absolute atomic E-state index is 13.4. The molecule has 27 heavy (non-hydrogen) atoms. The Morgan fingerprint density at radius 3 is 2.41 bits per heavy atom. The number of halogens is 3. The second-order valence-electron chi connectivity index (χ2n) is 9.62. The van der Waals surface area contributed by atoms with Crippen molar-refractivity contribution in [1.29, 1.82) is 0 Å². The van der Waals surface area contributed by atoms with Crippen LogP contribution in [-0.4, -0.2) is 45.4 Å². The van der Waals surface area contributed by atoms with E-state index in [1.165, 1.54) is 12.5 Å². The van der Waals surface area contributed by atoms with Crippen LogP contribution in [0.3, 0.4) is 0 Å². The molecule has 5 nitrogen and oxygen atoms in total. The van der Waals surface area contributed by atoms with Gasteiger partial charge in [0.15, 0.2) is 0 Å². The molecule has 0 radical (unpaired) electrons. The van der Waals surface area contributed by atoms with E-state index in [-0.39, 0.29) is 24.3 Å². The van der Waals surface area contributed by atoms with Crippen LogP contribution in [-0.2, 0) is 16.7 Å². The highest BCUT2D eigenvalue weighted by Crippen LogP contribution is 2.59. The summed E-state index contributed by atoms with van der Waals surface area (Å²) in [4.78, 5) is 17.7. The minimum absolute atomic E-state index is 0.129. The lowest BCUT2D eigenvalue weighted by Gasteiger charge is -2.58. The summed E-state index contributed by atoms with van der Waals surface area (Å²) in [5.41, 5.74) is -1.75. The number of aromatic nitrogens is 2. The quantitative estimate of drug-likeness (QED) is 0.786. The van der Waals surface area contributed by atoms with Gasteiger partial charge in [-0.05, 0) is 52.4 Å². The largest absolute Gasteiger partial charge is 0.444 e. The van der Waals surface area contributed by atoms with Crippen molar-refractivity contribution >= 4 is 6.09 Å². The van der Waals surface area contributed by atoms with Gasteiger partial charge in [0.25, 0.3) is 0 Å². The Morgan fingerprint density at radius 1 is 1.26 bits per heavy atom. The van der Waals surface area contributed by atoms with Crippen molar-refractivity contribution in [2.24, 2.45) is 11.3 Å². The molecule has 3 fully saturated rings. The van der Waals surface area contributed by atoms with Gasteiger partial charge < -0.3 is 14.2 Å². The van der Waals surface area contributed by atoms with E-state index >= 15 is 0 Å². The average molecular weight is 385 g/mol. The van der Waals surface area contributed by atoms with Crippen molar-refractivity contribution in [1.82, 2.24) is 14.5 Å². The summed E-state index contributed by atoms with van der Waals surface area (Å²) < 4.78 is 47.3. The molecule has 2 aliphatic carbocycles. The zero-order chi connectivity index (χ0) is 19.7. The van der Waals surface area contributed by atoms with Crippen molar-refractivity contribution in [2.45, 2.75) is 70.2 Å². The van der Waals surface area contributed by atoms with Crippen molar-refractivity contribution in [3.63, 3.8) is 0 Å². The Balaban J connectivity index is 1.31. The van der Waals surface area contributed by atoms with E-state index < -0.39 is 17.2 Å². The number of nitrogens with zero attached hydrogens (tertiary/aromatic N) is 3. The number of carbonyl (C=O) groups excluding carboxylic acids is 1. The molecular formula is C19H26F3N3O2. The molecule has 1 saturated heterocycles. The number of hydrogen-bond donors (Lipinski definition) is 0. The SMILES string of the molecule is CC(C)(C)OC(=O)N1CC2(CC(Cn3cncc3C3(C(F)(F)F)CC3)C2)C1. The molecule has 2 heterocycles. The maximum Gasteiger partial charge on any atom is 0.410 e. The summed E-state index contributed by atoms with van der Waals surface area (Å²) in [5.74, 6) is 0.336. The normalized spacial score (nSPS) is 23.7. The van der Waals surface area contributed by atoms with Gasteiger partial charge in [0, 0.05) is 31.2 Å². The highest BCUT2D eigenvalue weighted by Gasteiger charge is 2.66. The monoisotopic (exact) mass is 385 g/mol. The summed E-state index contributed by atoms with van der Waals surface area (Å²) >= 11 is 0. The Labute approximate surface area is 156 Å². The van der Waals surface area contributed by atoms with Gasteiger partial charge in [-0.1, -0.05) is 0 Å². The number of alkyl halides is 3. The molecule has 8 heteroatoms. The number of amides is 1. The molecule has 0 atom stereocenters.